The molecule has 10 nitrogen and oxygen atoms in total. The van der Waals surface area contributed by atoms with E-state index in [2.05, 4.69) is 39.9 Å². The molecule has 0 unspecified atom stereocenters. The fourth-order valence-corrected chi connectivity index (χ4v) is 1.76. The molecule has 1 aromatic carbocycles. The fraction of sp³-hybridized carbons (Fsp3) is 0.312. The van der Waals surface area contributed by atoms with Crippen molar-refractivity contribution in [1.82, 2.24) is 20.6 Å². The van der Waals surface area contributed by atoms with E-state index in [1.807, 2.05) is 29.2 Å². The van der Waals surface area contributed by atoms with Crippen molar-refractivity contribution < 1.29 is 9.53 Å². The van der Waals surface area contributed by atoms with Gasteiger partial charge in [0.25, 0.3) is 11.5 Å². The summed E-state index contributed by atoms with van der Waals surface area (Å²) < 4.78 is 5.58. The van der Waals surface area contributed by atoms with E-state index in [0.29, 0.717) is 12.5 Å². The Morgan fingerprint density at radius 2 is 2.04 bits per heavy atom. The number of ether oxygens (including phenoxy) is 1. The van der Waals surface area contributed by atoms with Gasteiger partial charge in [0.1, 0.15) is 5.75 Å². The lowest BCUT2D eigenvalue weighted by Gasteiger charge is -2.08. The summed E-state index contributed by atoms with van der Waals surface area (Å²) in [6.07, 6.45) is 1.48. The first-order chi connectivity index (χ1) is 12.4. The van der Waals surface area contributed by atoms with Crippen molar-refractivity contribution in [3.8, 4) is 5.75 Å². The molecule has 0 spiro atoms. The van der Waals surface area contributed by atoms with Gasteiger partial charge in [0, 0.05) is 0 Å². The molecule has 0 atom stereocenters. The van der Waals surface area contributed by atoms with Gasteiger partial charge in [-0.2, -0.15) is 5.10 Å². The second-order valence-electron chi connectivity index (χ2n) is 5.78. The van der Waals surface area contributed by atoms with Crippen LogP contribution in [0.15, 0.2) is 39.0 Å². The van der Waals surface area contributed by atoms with Crippen LogP contribution < -0.4 is 26.7 Å². The van der Waals surface area contributed by atoms with Gasteiger partial charge in [0.05, 0.1) is 19.4 Å². The highest BCUT2D eigenvalue weighted by Crippen LogP contribution is 2.12. The van der Waals surface area contributed by atoms with Crippen LogP contribution in [-0.4, -0.2) is 40.5 Å². The third-order valence-electron chi connectivity index (χ3n) is 2.99. The molecule has 1 heterocycles. The smallest absolute Gasteiger partial charge is 0.342 e. The van der Waals surface area contributed by atoms with E-state index >= 15 is 0 Å². The van der Waals surface area contributed by atoms with Gasteiger partial charge in [-0.1, -0.05) is 13.8 Å². The normalized spacial score (nSPS) is 10.9. The zero-order valence-electron chi connectivity index (χ0n) is 14.4. The molecular formula is C16H20N6O4. The molecule has 0 aliphatic carbocycles. The molecule has 1 amide bonds. The Kier molecular flexibility index (Phi) is 6.66. The van der Waals surface area contributed by atoms with E-state index in [1.54, 1.807) is 0 Å². The van der Waals surface area contributed by atoms with Crippen LogP contribution in [0.1, 0.15) is 19.4 Å². The van der Waals surface area contributed by atoms with Crippen LogP contribution in [0.3, 0.4) is 0 Å². The molecule has 0 aliphatic rings. The van der Waals surface area contributed by atoms with E-state index in [9.17, 15) is 14.4 Å². The van der Waals surface area contributed by atoms with Crippen molar-refractivity contribution in [2.45, 2.75) is 13.8 Å². The second-order valence-corrected chi connectivity index (χ2v) is 5.78. The number of aromatic amines is 2. The van der Waals surface area contributed by atoms with Crippen molar-refractivity contribution in [3.63, 3.8) is 0 Å². The fourth-order valence-electron chi connectivity index (χ4n) is 1.76. The monoisotopic (exact) mass is 360 g/mol. The van der Waals surface area contributed by atoms with Crippen LogP contribution in [0.5, 0.6) is 5.75 Å². The Bertz CT molecular complexity index is 869. The molecule has 26 heavy (non-hydrogen) atoms. The third-order valence-corrected chi connectivity index (χ3v) is 2.99. The van der Waals surface area contributed by atoms with Crippen LogP contribution in [0.25, 0.3) is 0 Å². The summed E-state index contributed by atoms with van der Waals surface area (Å²) in [5, 5.41) is 11.9. The quantitative estimate of drug-likeness (QED) is 0.387. The number of H-pyrrole nitrogens is 2. The number of hydrazone groups is 1. The summed E-state index contributed by atoms with van der Waals surface area (Å²) in [6, 6.07) is 7.27. The molecule has 138 valence electrons. The van der Waals surface area contributed by atoms with Crippen molar-refractivity contribution in [1.29, 1.82) is 0 Å². The minimum atomic E-state index is -0.727. The number of aromatic nitrogens is 3. The van der Waals surface area contributed by atoms with E-state index in [4.69, 9.17) is 4.74 Å². The van der Waals surface area contributed by atoms with Gasteiger partial charge < -0.3 is 10.1 Å². The molecule has 4 N–H and O–H groups in total. The van der Waals surface area contributed by atoms with E-state index in [0.717, 1.165) is 11.3 Å². The van der Waals surface area contributed by atoms with Crippen LogP contribution in [0, 0.1) is 5.92 Å². The zero-order valence-corrected chi connectivity index (χ0v) is 14.4. The number of carbonyl (C=O) groups excluding carboxylic acids is 1. The summed E-state index contributed by atoms with van der Waals surface area (Å²) in [7, 11) is 0. The average Bonchev–Trinajstić information content (AvgIpc) is 2.60. The van der Waals surface area contributed by atoms with Gasteiger partial charge in [-0.3, -0.25) is 14.6 Å². The Labute approximate surface area is 148 Å². The molecule has 0 radical (unpaired) electrons. The maximum absolute atomic E-state index is 11.7. The molecule has 10 heteroatoms. The van der Waals surface area contributed by atoms with Gasteiger partial charge in [-0.25, -0.2) is 15.3 Å². The molecule has 2 aromatic rings. The number of nitrogens with zero attached hydrogens (tertiary/aromatic N) is 2. The number of anilines is 1. The van der Waals surface area contributed by atoms with Crippen molar-refractivity contribution in [2.75, 3.05) is 18.5 Å². The number of hydrogen-bond donors (Lipinski definition) is 4. The predicted octanol–water partition coefficient (Wildman–Crippen LogP) is 0.0552. The molecule has 0 aliphatic heterocycles. The van der Waals surface area contributed by atoms with Crippen molar-refractivity contribution in [3.05, 3.63) is 50.7 Å². The number of carbonyl (C=O) groups is 1. The van der Waals surface area contributed by atoms with Crippen LogP contribution in [-0.2, 0) is 4.79 Å². The lowest BCUT2D eigenvalue weighted by atomic mass is 10.2. The number of amides is 1. The van der Waals surface area contributed by atoms with Crippen LogP contribution in [0.2, 0.25) is 0 Å². The topological polar surface area (TPSA) is 141 Å². The maximum atomic E-state index is 11.7. The third kappa shape index (κ3) is 6.23. The van der Waals surface area contributed by atoms with Crippen molar-refractivity contribution in [2.24, 2.45) is 11.0 Å². The Hall–Kier alpha value is -3.43. The zero-order chi connectivity index (χ0) is 18.9. The standard InChI is InChI=1S/C16H20N6O4/c1-10(2)9-26-12-5-3-11(4-6-12)7-18-20-13(23)8-17-14-15(24)19-16(25)22-21-14/h3-7,10H,8-9H2,1-2H3,(H,17,21)(H,20,23)(H2,19,22,24,25)/b18-7+. The lowest BCUT2D eigenvalue weighted by Crippen LogP contribution is -2.31. The van der Waals surface area contributed by atoms with E-state index in [-0.39, 0.29) is 12.4 Å². The first-order valence-corrected chi connectivity index (χ1v) is 7.91. The summed E-state index contributed by atoms with van der Waals surface area (Å²) in [6.45, 7) is 4.55. The predicted molar refractivity (Wildman–Crippen MR) is 96.5 cm³/mol. The highest BCUT2D eigenvalue weighted by atomic mass is 16.5. The number of nitrogens with one attached hydrogen (secondary N) is 4. The van der Waals surface area contributed by atoms with E-state index in [1.165, 1.54) is 6.21 Å². The van der Waals surface area contributed by atoms with Gasteiger partial charge in [0.2, 0.25) is 5.82 Å². The SMILES string of the molecule is CC(C)COc1ccc(/C=N/NC(=O)CNc2n[nH]c(=O)[nH]c2=O)cc1. The molecule has 0 saturated carbocycles. The molecule has 2 rings (SSSR count). The van der Waals surface area contributed by atoms with Gasteiger partial charge in [0.15, 0.2) is 0 Å². The van der Waals surface area contributed by atoms with Crippen LogP contribution in [0.4, 0.5) is 5.82 Å². The van der Waals surface area contributed by atoms with Crippen LogP contribution >= 0.6 is 0 Å². The summed E-state index contributed by atoms with van der Waals surface area (Å²) >= 11 is 0. The Morgan fingerprint density at radius 1 is 1.31 bits per heavy atom. The summed E-state index contributed by atoms with van der Waals surface area (Å²) in [4.78, 5) is 35.9. The van der Waals surface area contributed by atoms with Gasteiger partial charge in [-0.05, 0) is 35.7 Å². The average molecular weight is 360 g/mol. The van der Waals surface area contributed by atoms with Gasteiger partial charge in [-0.15, -0.1) is 5.10 Å². The lowest BCUT2D eigenvalue weighted by molar-refractivity contribution is -0.119. The van der Waals surface area contributed by atoms with Gasteiger partial charge >= 0.3 is 5.69 Å². The largest absolute Gasteiger partial charge is 0.493 e. The second kappa shape index (κ2) is 9.16. The molecular weight excluding hydrogens is 340 g/mol. The minimum Gasteiger partial charge on any atom is -0.493 e. The van der Waals surface area contributed by atoms with Crippen molar-refractivity contribution >= 4 is 17.9 Å². The first kappa shape index (κ1) is 18.9. The maximum Gasteiger partial charge on any atom is 0.342 e. The first-order valence-electron chi connectivity index (χ1n) is 7.91. The minimum absolute atomic E-state index is 0.166. The molecule has 0 fully saturated rings. The highest BCUT2D eigenvalue weighted by molar-refractivity contribution is 5.84. The Balaban J connectivity index is 1.79. The molecule has 0 saturated heterocycles. The number of benzene rings is 1. The highest BCUT2D eigenvalue weighted by Gasteiger charge is 2.04. The van der Waals surface area contributed by atoms with E-state index < -0.39 is 17.2 Å². The Morgan fingerprint density at radius 3 is 2.69 bits per heavy atom. The molecule has 1 aromatic heterocycles. The summed E-state index contributed by atoms with van der Waals surface area (Å²) in [5.41, 5.74) is 1.65. The number of rotatable bonds is 8. The summed E-state index contributed by atoms with van der Waals surface area (Å²) in [5.74, 6) is 0.566. The number of hydrogen-bond acceptors (Lipinski definition) is 7. The molecule has 0 bridgehead atoms.